The highest BCUT2D eigenvalue weighted by atomic mass is 28.3. The summed E-state index contributed by atoms with van der Waals surface area (Å²) in [6.07, 6.45) is 7.05. The molecule has 1 aliphatic carbocycles. The Morgan fingerprint density at radius 3 is 2.15 bits per heavy atom. The topological polar surface area (TPSA) is 0 Å². The Bertz CT molecular complexity index is 1170. The van der Waals surface area contributed by atoms with Gasteiger partial charge in [-0.25, -0.2) is 8.78 Å². The lowest BCUT2D eigenvalue weighted by Gasteiger charge is -2.21. The Hall–Kier alpha value is -2.26. The average Bonchev–Trinajstić information content (AvgIpc) is 3.13. The highest BCUT2D eigenvalue weighted by Gasteiger charge is 2.28. The SMILES string of the molecule is CCCCc1cc2c(c(CCCC)c1-c1ccc(F)cc1F)Cc1cc([Si](C)(C)C)ccc1-2. The van der Waals surface area contributed by atoms with Crippen molar-refractivity contribution in [3.63, 3.8) is 0 Å². The van der Waals surface area contributed by atoms with Gasteiger partial charge in [0.25, 0.3) is 0 Å². The molecule has 0 atom stereocenters. The van der Waals surface area contributed by atoms with E-state index < -0.39 is 19.7 Å². The smallest absolute Gasteiger partial charge is 0.133 e. The van der Waals surface area contributed by atoms with E-state index in [-0.39, 0.29) is 0 Å². The van der Waals surface area contributed by atoms with Gasteiger partial charge in [-0.2, -0.15) is 0 Å². The molecule has 0 fully saturated rings. The van der Waals surface area contributed by atoms with Crippen LogP contribution >= 0.6 is 0 Å². The van der Waals surface area contributed by atoms with Crippen LogP contribution in [-0.4, -0.2) is 8.07 Å². The van der Waals surface area contributed by atoms with Gasteiger partial charge in [0, 0.05) is 11.6 Å². The van der Waals surface area contributed by atoms with Gasteiger partial charge in [-0.1, -0.05) is 75.8 Å². The summed E-state index contributed by atoms with van der Waals surface area (Å²) < 4.78 is 28.9. The second-order valence-electron chi connectivity index (χ2n) is 10.5. The number of hydrogen-bond donors (Lipinski definition) is 0. The van der Waals surface area contributed by atoms with Crippen molar-refractivity contribution in [2.45, 2.75) is 78.4 Å². The molecule has 0 saturated carbocycles. The van der Waals surface area contributed by atoms with Crippen molar-refractivity contribution in [3.8, 4) is 22.3 Å². The Kier molecular flexibility index (Phi) is 6.90. The standard InChI is InChI=1S/C30H36F2Si/c1-6-8-10-20-17-27-24-15-13-23(33(3,4)5)16-21(24)18-28(27)25(11-9-7-2)30(20)26-14-12-22(31)19-29(26)32/h12-17,19H,6-11,18H2,1-5H3. The highest BCUT2D eigenvalue weighted by molar-refractivity contribution is 6.88. The average molecular weight is 463 g/mol. The van der Waals surface area contributed by atoms with E-state index in [4.69, 9.17) is 0 Å². The molecule has 4 rings (SSSR count). The molecule has 3 heteroatoms. The van der Waals surface area contributed by atoms with E-state index in [1.807, 2.05) is 0 Å². The third-order valence-electron chi connectivity index (χ3n) is 7.04. The minimum Gasteiger partial charge on any atom is -0.207 e. The van der Waals surface area contributed by atoms with E-state index >= 15 is 4.39 Å². The molecule has 0 spiro atoms. The van der Waals surface area contributed by atoms with Gasteiger partial charge in [0.15, 0.2) is 0 Å². The van der Waals surface area contributed by atoms with Crippen LogP contribution < -0.4 is 5.19 Å². The summed E-state index contributed by atoms with van der Waals surface area (Å²) in [7, 11) is -1.40. The van der Waals surface area contributed by atoms with Crippen LogP contribution in [0.3, 0.4) is 0 Å². The van der Waals surface area contributed by atoms with E-state index in [0.717, 1.165) is 56.6 Å². The minimum atomic E-state index is -1.40. The lowest BCUT2D eigenvalue weighted by atomic mass is 9.84. The molecule has 174 valence electrons. The summed E-state index contributed by atoms with van der Waals surface area (Å²) in [4.78, 5) is 0. The fourth-order valence-electron chi connectivity index (χ4n) is 5.16. The van der Waals surface area contributed by atoms with Gasteiger partial charge in [-0.3, -0.25) is 0 Å². The molecule has 0 saturated heterocycles. The first-order valence-corrected chi connectivity index (χ1v) is 16.0. The Morgan fingerprint density at radius 1 is 0.788 bits per heavy atom. The number of benzene rings is 3. The maximum atomic E-state index is 15.1. The molecule has 1 aliphatic rings. The van der Waals surface area contributed by atoms with Crippen molar-refractivity contribution in [1.29, 1.82) is 0 Å². The van der Waals surface area contributed by atoms with Crippen LogP contribution in [0.5, 0.6) is 0 Å². The monoisotopic (exact) mass is 462 g/mol. The van der Waals surface area contributed by atoms with Crippen molar-refractivity contribution in [2.24, 2.45) is 0 Å². The predicted molar refractivity (Wildman–Crippen MR) is 140 cm³/mol. The molecule has 3 aromatic rings. The molecule has 3 aromatic carbocycles. The number of hydrogen-bond acceptors (Lipinski definition) is 0. The number of aryl methyl sites for hydroxylation is 1. The largest absolute Gasteiger partial charge is 0.207 e. The first kappa shape index (κ1) is 23.9. The lowest BCUT2D eigenvalue weighted by Crippen LogP contribution is -2.37. The van der Waals surface area contributed by atoms with Gasteiger partial charge < -0.3 is 0 Å². The van der Waals surface area contributed by atoms with Crippen molar-refractivity contribution < 1.29 is 8.78 Å². The first-order valence-electron chi connectivity index (χ1n) is 12.5. The van der Waals surface area contributed by atoms with Crippen LogP contribution in [0.4, 0.5) is 8.78 Å². The number of rotatable bonds is 8. The van der Waals surface area contributed by atoms with E-state index in [9.17, 15) is 4.39 Å². The molecule has 0 bridgehead atoms. The van der Waals surface area contributed by atoms with Gasteiger partial charge in [0.05, 0.1) is 8.07 Å². The maximum absolute atomic E-state index is 15.1. The molecule has 0 aromatic heterocycles. The molecule has 0 heterocycles. The summed E-state index contributed by atoms with van der Waals surface area (Å²) in [5.74, 6) is -0.976. The summed E-state index contributed by atoms with van der Waals surface area (Å²) in [5, 5.41) is 1.49. The summed E-state index contributed by atoms with van der Waals surface area (Å²) in [6.45, 7) is 11.6. The summed E-state index contributed by atoms with van der Waals surface area (Å²) in [6, 6.07) is 13.5. The van der Waals surface area contributed by atoms with Crippen LogP contribution in [0, 0.1) is 11.6 Å². The molecule has 0 nitrogen and oxygen atoms in total. The first-order chi connectivity index (χ1) is 15.7. The molecule has 0 unspecified atom stereocenters. The zero-order valence-electron chi connectivity index (χ0n) is 20.7. The van der Waals surface area contributed by atoms with Gasteiger partial charge in [0.1, 0.15) is 11.6 Å². The Labute approximate surface area is 199 Å². The summed E-state index contributed by atoms with van der Waals surface area (Å²) in [5.41, 5.74) is 9.47. The number of halogens is 2. The Balaban J connectivity index is 1.96. The second-order valence-corrected chi connectivity index (χ2v) is 15.6. The van der Waals surface area contributed by atoms with E-state index in [0.29, 0.717) is 5.56 Å². The minimum absolute atomic E-state index is 0.457. The van der Waals surface area contributed by atoms with Gasteiger partial charge in [-0.05, 0) is 83.2 Å². The molecule has 33 heavy (non-hydrogen) atoms. The fourth-order valence-corrected chi connectivity index (χ4v) is 6.35. The van der Waals surface area contributed by atoms with E-state index in [2.05, 4.69) is 57.8 Å². The van der Waals surface area contributed by atoms with Gasteiger partial charge in [-0.15, -0.1) is 0 Å². The molecule has 0 radical (unpaired) electrons. The van der Waals surface area contributed by atoms with Crippen LogP contribution in [-0.2, 0) is 19.3 Å². The van der Waals surface area contributed by atoms with Crippen LogP contribution in [0.25, 0.3) is 22.3 Å². The van der Waals surface area contributed by atoms with E-state index in [1.165, 1.54) is 44.6 Å². The van der Waals surface area contributed by atoms with Crippen LogP contribution in [0.2, 0.25) is 19.6 Å². The normalized spacial score (nSPS) is 12.7. The van der Waals surface area contributed by atoms with Crippen molar-refractivity contribution in [3.05, 3.63) is 76.4 Å². The predicted octanol–water partition coefficient (Wildman–Crippen LogP) is 8.43. The fraction of sp³-hybridized carbons (Fsp3) is 0.400. The second kappa shape index (κ2) is 9.54. The van der Waals surface area contributed by atoms with Gasteiger partial charge >= 0.3 is 0 Å². The number of fused-ring (bicyclic) bond motifs is 3. The molecule has 0 aliphatic heterocycles. The van der Waals surface area contributed by atoms with Gasteiger partial charge in [0.2, 0.25) is 0 Å². The molecular formula is C30H36F2Si. The Morgan fingerprint density at radius 2 is 1.48 bits per heavy atom. The summed E-state index contributed by atoms with van der Waals surface area (Å²) >= 11 is 0. The van der Waals surface area contributed by atoms with Crippen molar-refractivity contribution in [2.75, 3.05) is 0 Å². The van der Waals surface area contributed by atoms with Crippen molar-refractivity contribution >= 4 is 13.3 Å². The highest BCUT2D eigenvalue weighted by Crippen LogP contribution is 2.45. The van der Waals surface area contributed by atoms with E-state index in [1.54, 1.807) is 6.07 Å². The zero-order valence-corrected chi connectivity index (χ0v) is 21.7. The zero-order chi connectivity index (χ0) is 23.8. The van der Waals surface area contributed by atoms with Crippen LogP contribution in [0.15, 0.2) is 42.5 Å². The number of unbranched alkanes of at least 4 members (excludes halogenated alkanes) is 2. The molecule has 0 amide bonds. The van der Waals surface area contributed by atoms with Crippen LogP contribution in [0.1, 0.15) is 61.8 Å². The molecular weight excluding hydrogens is 426 g/mol. The maximum Gasteiger partial charge on any atom is 0.133 e. The lowest BCUT2D eigenvalue weighted by molar-refractivity contribution is 0.585. The van der Waals surface area contributed by atoms with Crippen molar-refractivity contribution in [1.82, 2.24) is 0 Å². The third kappa shape index (κ3) is 4.70. The molecule has 0 N–H and O–H groups in total. The third-order valence-corrected chi connectivity index (χ3v) is 9.08. The quantitative estimate of drug-likeness (QED) is 0.230.